The van der Waals surface area contributed by atoms with Gasteiger partial charge in [0.1, 0.15) is 5.82 Å². The first-order valence-electron chi connectivity index (χ1n) is 6.47. The van der Waals surface area contributed by atoms with Crippen LogP contribution in [0.3, 0.4) is 0 Å². The van der Waals surface area contributed by atoms with E-state index >= 15 is 0 Å². The van der Waals surface area contributed by atoms with Gasteiger partial charge in [0.25, 0.3) is 0 Å². The second-order valence-electron chi connectivity index (χ2n) is 4.75. The van der Waals surface area contributed by atoms with Crippen molar-refractivity contribution in [2.45, 2.75) is 25.3 Å². The fourth-order valence-corrected chi connectivity index (χ4v) is 2.43. The van der Waals surface area contributed by atoms with Gasteiger partial charge >= 0.3 is 0 Å². The van der Waals surface area contributed by atoms with Crippen molar-refractivity contribution in [3.63, 3.8) is 0 Å². The Kier molecular flexibility index (Phi) is 5.11. The number of rotatable bonds is 6. The van der Waals surface area contributed by atoms with E-state index in [0.29, 0.717) is 17.0 Å². The molecule has 0 saturated carbocycles. The van der Waals surface area contributed by atoms with Gasteiger partial charge in [-0.25, -0.2) is 4.39 Å². The van der Waals surface area contributed by atoms with E-state index in [4.69, 9.17) is 17.4 Å². The molecule has 0 spiro atoms. The summed E-state index contributed by atoms with van der Waals surface area (Å²) in [4.78, 5) is 0. The zero-order valence-corrected chi connectivity index (χ0v) is 12.1. The Morgan fingerprint density at radius 2 is 2.25 bits per heavy atom. The van der Waals surface area contributed by atoms with E-state index in [0.717, 1.165) is 18.5 Å². The molecule has 0 saturated heterocycles. The molecule has 0 radical (unpaired) electrons. The van der Waals surface area contributed by atoms with E-state index in [1.807, 2.05) is 17.8 Å². The number of nitrogens with zero attached hydrogens (tertiary/aromatic N) is 2. The number of aryl methyl sites for hydroxylation is 2. The van der Waals surface area contributed by atoms with Gasteiger partial charge in [-0.2, -0.15) is 5.10 Å². The lowest BCUT2D eigenvalue weighted by atomic mass is 10.0. The highest BCUT2D eigenvalue weighted by molar-refractivity contribution is 6.31. The molecule has 0 aliphatic carbocycles. The summed E-state index contributed by atoms with van der Waals surface area (Å²) in [6.45, 7) is 0. The molecule has 6 heteroatoms. The Labute approximate surface area is 122 Å². The van der Waals surface area contributed by atoms with Crippen LogP contribution in [-0.2, 0) is 19.9 Å². The summed E-state index contributed by atoms with van der Waals surface area (Å²) in [5.41, 5.74) is 4.35. The van der Waals surface area contributed by atoms with Crippen LogP contribution in [0.5, 0.6) is 0 Å². The van der Waals surface area contributed by atoms with Gasteiger partial charge in [-0.15, -0.1) is 0 Å². The maximum absolute atomic E-state index is 13.8. The van der Waals surface area contributed by atoms with Gasteiger partial charge in [0, 0.05) is 35.6 Å². The van der Waals surface area contributed by atoms with Gasteiger partial charge in [0.05, 0.1) is 0 Å². The molecule has 20 heavy (non-hydrogen) atoms. The quantitative estimate of drug-likeness (QED) is 0.635. The number of aromatic nitrogens is 2. The fourth-order valence-electron chi connectivity index (χ4n) is 2.19. The van der Waals surface area contributed by atoms with E-state index in [-0.39, 0.29) is 11.9 Å². The number of hydrazine groups is 1. The smallest absolute Gasteiger partial charge is 0.127 e. The molecule has 0 aliphatic heterocycles. The zero-order chi connectivity index (χ0) is 14.5. The molecule has 1 unspecified atom stereocenters. The van der Waals surface area contributed by atoms with E-state index in [2.05, 4.69) is 10.5 Å². The van der Waals surface area contributed by atoms with Crippen molar-refractivity contribution in [3.05, 3.63) is 52.6 Å². The van der Waals surface area contributed by atoms with Crippen LogP contribution in [0.2, 0.25) is 5.02 Å². The molecule has 0 amide bonds. The average molecular weight is 297 g/mol. The van der Waals surface area contributed by atoms with E-state index < -0.39 is 0 Å². The van der Waals surface area contributed by atoms with Crippen molar-refractivity contribution < 1.29 is 4.39 Å². The molecule has 108 valence electrons. The lowest BCUT2D eigenvalue weighted by molar-refractivity contribution is 0.474. The SMILES string of the molecule is Cn1nccc1CCC(Cc1c(F)cccc1Cl)NN. The predicted octanol–water partition coefficient (Wildman–Crippen LogP) is 2.22. The average Bonchev–Trinajstić information content (AvgIpc) is 2.83. The molecule has 2 rings (SSSR count). The molecular weight excluding hydrogens is 279 g/mol. The van der Waals surface area contributed by atoms with Gasteiger partial charge in [-0.1, -0.05) is 17.7 Å². The van der Waals surface area contributed by atoms with Crippen molar-refractivity contribution in [1.29, 1.82) is 0 Å². The van der Waals surface area contributed by atoms with Gasteiger partial charge in [0.15, 0.2) is 0 Å². The van der Waals surface area contributed by atoms with E-state index in [1.54, 1.807) is 18.3 Å². The zero-order valence-electron chi connectivity index (χ0n) is 11.3. The second kappa shape index (κ2) is 6.83. The van der Waals surface area contributed by atoms with Crippen LogP contribution in [-0.4, -0.2) is 15.8 Å². The topological polar surface area (TPSA) is 55.9 Å². The Hall–Kier alpha value is -1.43. The summed E-state index contributed by atoms with van der Waals surface area (Å²) >= 11 is 6.03. The van der Waals surface area contributed by atoms with Crippen LogP contribution in [0.25, 0.3) is 0 Å². The number of nitrogens with two attached hydrogens (primary N) is 1. The summed E-state index contributed by atoms with van der Waals surface area (Å²) < 4.78 is 15.6. The minimum absolute atomic E-state index is 0.0423. The van der Waals surface area contributed by atoms with Gasteiger partial charge in [-0.3, -0.25) is 16.0 Å². The van der Waals surface area contributed by atoms with Gasteiger partial charge in [0.2, 0.25) is 0 Å². The molecule has 1 aromatic carbocycles. The second-order valence-corrected chi connectivity index (χ2v) is 5.16. The predicted molar refractivity (Wildman–Crippen MR) is 77.8 cm³/mol. The third kappa shape index (κ3) is 3.56. The standard InChI is InChI=1S/C14H18ClFN4/c1-20-11(7-8-18-20)6-5-10(19-17)9-12-13(15)3-2-4-14(12)16/h2-4,7-8,10,19H,5-6,9,17H2,1H3. The number of nitrogens with one attached hydrogen (secondary N) is 1. The highest BCUT2D eigenvalue weighted by Crippen LogP contribution is 2.21. The fraction of sp³-hybridized carbons (Fsp3) is 0.357. The van der Waals surface area contributed by atoms with Gasteiger partial charge < -0.3 is 0 Å². The number of halogens is 2. The minimum Gasteiger partial charge on any atom is -0.273 e. The normalized spacial score (nSPS) is 12.6. The van der Waals surface area contributed by atoms with E-state index in [9.17, 15) is 4.39 Å². The Morgan fingerprint density at radius 1 is 1.45 bits per heavy atom. The number of benzene rings is 1. The molecule has 1 atom stereocenters. The molecule has 0 fully saturated rings. The van der Waals surface area contributed by atoms with Crippen LogP contribution in [0.1, 0.15) is 17.7 Å². The first kappa shape index (κ1) is 15.0. The van der Waals surface area contributed by atoms with Crippen LogP contribution < -0.4 is 11.3 Å². The number of hydrogen-bond acceptors (Lipinski definition) is 3. The Morgan fingerprint density at radius 3 is 2.85 bits per heavy atom. The van der Waals surface area contributed by atoms with Crippen molar-refractivity contribution in [2.75, 3.05) is 0 Å². The lowest BCUT2D eigenvalue weighted by Crippen LogP contribution is -2.37. The molecule has 4 nitrogen and oxygen atoms in total. The Balaban J connectivity index is 2.01. The van der Waals surface area contributed by atoms with Crippen LogP contribution in [0.4, 0.5) is 4.39 Å². The lowest BCUT2D eigenvalue weighted by Gasteiger charge is -2.17. The third-order valence-corrected chi connectivity index (χ3v) is 3.77. The molecule has 1 aromatic heterocycles. The number of hydrogen-bond donors (Lipinski definition) is 2. The van der Waals surface area contributed by atoms with Crippen LogP contribution >= 0.6 is 11.6 Å². The summed E-state index contributed by atoms with van der Waals surface area (Å²) in [7, 11) is 1.90. The van der Waals surface area contributed by atoms with Gasteiger partial charge in [-0.05, 0) is 37.5 Å². The monoisotopic (exact) mass is 296 g/mol. The molecule has 0 aliphatic rings. The maximum atomic E-state index is 13.8. The summed E-state index contributed by atoms with van der Waals surface area (Å²) in [5, 5.41) is 4.55. The summed E-state index contributed by atoms with van der Waals surface area (Å²) in [5.74, 6) is 5.27. The van der Waals surface area contributed by atoms with Crippen molar-refractivity contribution in [2.24, 2.45) is 12.9 Å². The molecule has 1 heterocycles. The molecule has 3 N–H and O–H groups in total. The molecule has 0 bridgehead atoms. The molecular formula is C14H18ClFN4. The van der Waals surface area contributed by atoms with E-state index in [1.165, 1.54) is 6.07 Å². The first-order valence-corrected chi connectivity index (χ1v) is 6.85. The largest absolute Gasteiger partial charge is 0.273 e. The van der Waals surface area contributed by atoms with Crippen LogP contribution in [0.15, 0.2) is 30.5 Å². The first-order chi connectivity index (χ1) is 9.61. The molecule has 2 aromatic rings. The highest BCUT2D eigenvalue weighted by Gasteiger charge is 2.14. The summed E-state index contributed by atoms with van der Waals surface area (Å²) in [6.07, 6.45) is 3.81. The minimum atomic E-state index is -0.293. The maximum Gasteiger partial charge on any atom is 0.127 e. The van der Waals surface area contributed by atoms with Crippen molar-refractivity contribution >= 4 is 11.6 Å². The highest BCUT2D eigenvalue weighted by atomic mass is 35.5. The van der Waals surface area contributed by atoms with Crippen molar-refractivity contribution in [3.8, 4) is 0 Å². The van der Waals surface area contributed by atoms with Crippen molar-refractivity contribution in [1.82, 2.24) is 15.2 Å². The summed E-state index contributed by atoms with van der Waals surface area (Å²) in [6, 6.07) is 6.62. The third-order valence-electron chi connectivity index (χ3n) is 3.42. The Bertz CT molecular complexity index is 550. The van der Waals surface area contributed by atoms with Crippen LogP contribution in [0, 0.1) is 5.82 Å².